The maximum atomic E-state index is 10.6. The Hall–Kier alpha value is -1.67. The van der Waals surface area contributed by atoms with Crippen molar-refractivity contribution in [2.45, 2.75) is 4.87 Å². The maximum Gasteiger partial charge on any atom is 0.345 e. The van der Waals surface area contributed by atoms with Gasteiger partial charge in [0.1, 0.15) is 11.8 Å². The van der Waals surface area contributed by atoms with Gasteiger partial charge in [0.2, 0.25) is 0 Å². The average Bonchev–Trinajstić information content (AvgIpc) is 2.17. The van der Waals surface area contributed by atoms with E-state index < -0.39 is 10.8 Å². The topological polar surface area (TPSA) is 86.9 Å². The first kappa shape index (κ1) is 9.42. The van der Waals surface area contributed by atoms with Crippen LogP contribution in [-0.2, 0) is 9.67 Å². The Balaban J connectivity index is 3.21. The molecule has 0 bridgehead atoms. The molecular formula is C7H4ClN3O2. The number of alkyl halides is 1. The van der Waals surface area contributed by atoms with E-state index in [-0.39, 0.29) is 5.69 Å². The summed E-state index contributed by atoms with van der Waals surface area (Å²) in [6, 6.07) is 1.46. The van der Waals surface area contributed by atoms with E-state index in [2.05, 4.69) is 9.97 Å². The van der Waals surface area contributed by atoms with Crippen LogP contribution in [0.25, 0.3) is 0 Å². The van der Waals surface area contributed by atoms with Gasteiger partial charge in [-0.25, -0.2) is 4.79 Å². The van der Waals surface area contributed by atoms with E-state index in [0.29, 0.717) is 0 Å². The number of rotatable bonds is 2. The van der Waals surface area contributed by atoms with Gasteiger partial charge in [-0.2, -0.15) is 5.26 Å². The number of nitrogens with zero attached hydrogens (tertiary/aromatic N) is 3. The molecule has 66 valence electrons. The lowest BCUT2D eigenvalue weighted by Gasteiger charge is -2.10. The van der Waals surface area contributed by atoms with Gasteiger partial charge in [0, 0.05) is 12.4 Å². The second-order valence-electron chi connectivity index (χ2n) is 2.17. The summed E-state index contributed by atoms with van der Waals surface area (Å²) in [7, 11) is 0. The minimum absolute atomic E-state index is 0.0910. The van der Waals surface area contributed by atoms with Gasteiger partial charge in [0.05, 0.1) is 6.20 Å². The molecule has 1 aromatic heterocycles. The molecule has 0 aliphatic rings. The smallest absolute Gasteiger partial charge is 0.345 e. The normalized spacial score (nSPS) is 14.2. The monoisotopic (exact) mass is 197 g/mol. The molecule has 6 heteroatoms. The molecule has 5 nitrogen and oxygen atoms in total. The fourth-order valence-electron chi connectivity index (χ4n) is 0.692. The highest BCUT2D eigenvalue weighted by Crippen LogP contribution is 2.25. The SMILES string of the molecule is N#CC(Cl)(C(=O)O)c1cnccn1. The van der Waals surface area contributed by atoms with E-state index in [0.717, 1.165) is 6.20 Å². The lowest BCUT2D eigenvalue weighted by atomic mass is 10.1. The Bertz CT molecular complexity index is 362. The number of carboxylic acids is 1. The summed E-state index contributed by atoms with van der Waals surface area (Å²) in [5.41, 5.74) is -0.0910. The zero-order valence-corrected chi connectivity index (χ0v) is 7.06. The average molecular weight is 198 g/mol. The van der Waals surface area contributed by atoms with E-state index >= 15 is 0 Å². The maximum absolute atomic E-state index is 10.6. The molecule has 1 rings (SSSR count). The molecule has 1 unspecified atom stereocenters. The summed E-state index contributed by atoms with van der Waals surface area (Å²) < 4.78 is 0. The quantitative estimate of drug-likeness (QED) is 0.699. The van der Waals surface area contributed by atoms with Crippen LogP contribution in [0.5, 0.6) is 0 Å². The summed E-state index contributed by atoms with van der Waals surface area (Å²) in [5, 5.41) is 17.2. The predicted octanol–water partition coefficient (Wildman–Crippen LogP) is 0.519. The van der Waals surface area contributed by atoms with Gasteiger partial charge < -0.3 is 5.11 Å². The number of aliphatic carboxylic acids is 1. The molecule has 1 atom stereocenters. The molecule has 0 saturated heterocycles. The Morgan fingerprint density at radius 2 is 2.38 bits per heavy atom. The van der Waals surface area contributed by atoms with E-state index in [1.54, 1.807) is 0 Å². The number of nitriles is 1. The van der Waals surface area contributed by atoms with Crippen molar-refractivity contribution in [3.05, 3.63) is 24.3 Å². The third-order valence-electron chi connectivity index (χ3n) is 1.36. The van der Waals surface area contributed by atoms with Crippen LogP contribution in [0.2, 0.25) is 0 Å². The van der Waals surface area contributed by atoms with Crippen molar-refractivity contribution in [1.29, 1.82) is 5.26 Å². The summed E-state index contributed by atoms with van der Waals surface area (Å²) in [5.74, 6) is -1.46. The molecule has 0 aliphatic heterocycles. The summed E-state index contributed by atoms with van der Waals surface area (Å²) in [4.78, 5) is 15.8. The Kier molecular flexibility index (Phi) is 2.44. The Labute approximate surface area is 78.6 Å². The third kappa shape index (κ3) is 1.58. The molecule has 0 aliphatic carbocycles. The third-order valence-corrected chi connectivity index (χ3v) is 1.80. The van der Waals surface area contributed by atoms with Crippen molar-refractivity contribution in [2.24, 2.45) is 0 Å². The molecule has 0 aromatic carbocycles. The highest BCUT2D eigenvalue weighted by molar-refractivity contribution is 6.35. The van der Waals surface area contributed by atoms with Gasteiger partial charge in [-0.05, 0) is 0 Å². The zero-order chi connectivity index (χ0) is 9.90. The number of hydrogen-bond acceptors (Lipinski definition) is 4. The first-order valence-corrected chi connectivity index (χ1v) is 3.59. The van der Waals surface area contributed by atoms with Gasteiger partial charge in [-0.1, -0.05) is 11.6 Å². The zero-order valence-electron chi connectivity index (χ0n) is 6.31. The number of carboxylic acid groups (broad SMARTS) is 1. The van der Waals surface area contributed by atoms with Gasteiger partial charge in [-0.15, -0.1) is 0 Å². The summed E-state index contributed by atoms with van der Waals surface area (Å²) in [6.45, 7) is 0. The second kappa shape index (κ2) is 3.37. The van der Waals surface area contributed by atoms with Crippen molar-refractivity contribution in [2.75, 3.05) is 0 Å². The molecule has 1 N–H and O–H groups in total. The lowest BCUT2D eigenvalue weighted by molar-refractivity contribution is -0.138. The van der Waals surface area contributed by atoms with E-state index in [9.17, 15) is 4.79 Å². The van der Waals surface area contributed by atoms with Crippen LogP contribution < -0.4 is 0 Å². The fraction of sp³-hybridized carbons (Fsp3) is 0.143. The molecular weight excluding hydrogens is 194 g/mol. The standard InChI is InChI=1S/C7H4ClN3O2/c8-7(4-9,6(12)13)5-3-10-1-2-11-5/h1-3H,(H,12,13). The molecule has 13 heavy (non-hydrogen) atoms. The van der Waals surface area contributed by atoms with Crippen LogP contribution in [0.3, 0.4) is 0 Å². The fourth-order valence-corrected chi connectivity index (χ4v) is 0.789. The van der Waals surface area contributed by atoms with E-state index in [1.807, 2.05) is 0 Å². The largest absolute Gasteiger partial charge is 0.479 e. The van der Waals surface area contributed by atoms with Crippen molar-refractivity contribution in [3.8, 4) is 6.07 Å². The van der Waals surface area contributed by atoms with E-state index in [4.69, 9.17) is 22.0 Å². The molecule has 0 radical (unpaired) electrons. The second-order valence-corrected chi connectivity index (χ2v) is 2.73. The number of halogens is 1. The van der Waals surface area contributed by atoms with Gasteiger partial charge in [-0.3, -0.25) is 9.97 Å². The van der Waals surface area contributed by atoms with Crippen molar-refractivity contribution in [3.63, 3.8) is 0 Å². The molecule has 0 fully saturated rings. The first-order chi connectivity index (χ1) is 6.11. The summed E-state index contributed by atoms with van der Waals surface area (Å²) >= 11 is 5.52. The van der Waals surface area contributed by atoms with Crippen LogP contribution in [0, 0.1) is 11.3 Å². The molecule has 0 saturated carbocycles. The summed E-state index contributed by atoms with van der Waals surface area (Å²) in [6.07, 6.45) is 3.77. The van der Waals surface area contributed by atoms with Gasteiger partial charge in [0.25, 0.3) is 4.87 Å². The first-order valence-electron chi connectivity index (χ1n) is 3.21. The van der Waals surface area contributed by atoms with Crippen LogP contribution in [0.1, 0.15) is 5.69 Å². The number of carbonyl (C=O) groups is 1. The minimum Gasteiger partial charge on any atom is -0.479 e. The lowest BCUT2D eigenvalue weighted by Crippen LogP contribution is -2.28. The van der Waals surface area contributed by atoms with Crippen molar-refractivity contribution >= 4 is 17.6 Å². The molecule has 1 heterocycles. The molecule has 0 spiro atoms. The van der Waals surface area contributed by atoms with Crippen LogP contribution >= 0.6 is 11.6 Å². The van der Waals surface area contributed by atoms with Crippen LogP contribution in [0.15, 0.2) is 18.6 Å². The Morgan fingerprint density at radius 1 is 1.69 bits per heavy atom. The van der Waals surface area contributed by atoms with Gasteiger partial charge in [0.15, 0.2) is 0 Å². The van der Waals surface area contributed by atoms with Crippen LogP contribution in [0.4, 0.5) is 0 Å². The van der Waals surface area contributed by atoms with Crippen molar-refractivity contribution in [1.82, 2.24) is 9.97 Å². The highest BCUT2D eigenvalue weighted by atomic mass is 35.5. The van der Waals surface area contributed by atoms with E-state index in [1.165, 1.54) is 18.5 Å². The van der Waals surface area contributed by atoms with Crippen molar-refractivity contribution < 1.29 is 9.90 Å². The molecule has 0 amide bonds. The minimum atomic E-state index is -2.14. The predicted molar refractivity (Wildman–Crippen MR) is 42.8 cm³/mol. The number of aromatic nitrogens is 2. The van der Waals surface area contributed by atoms with Crippen LogP contribution in [-0.4, -0.2) is 21.0 Å². The highest BCUT2D eigenvalue weighted by Gasteiger charge is 2.40. The number of hydrogen-bond donors (Lipinski definition) is 1. The molecule has 1 aromatic rings. The Morgan fingerprint density at radius 3 is 2.77 bits per heavy atom. The van der Waals surface area contributed by atoms with Gasteiger partial charge >= 0.3 is 5.97 Å².